The number of anilines is 1. The maximum absolute atomic E-state index is 5.74. The van der Waals surface area contributed by atoms with E-state index in [9.17, 15) is 0 Å². The average Bonchev–Trinajstić information content (AvgIpc) is 2.39. The Balaban J connectivity index is 1.88. The normalized spacial score (nSPS) is 22.8. The predicted octanol–water partition coefficient (Wildman–Crippen LogP) is 3.79. The highest BCUT2D eigenvalue weighted by Gasteiger charge is 2.17. The minimum atomic E-state index is 0.795. The Hall–Kier alpha value is -1.18. The summed E-state index contributed by atoms with van der Waals surface area (Å²) in [6.45, 7) is 4.06. The molecule has 1 aliphatic carbocycles. The fourth-order valence-electron chi connectivity index (χ4n) is 3.23. The van der Waals surface area contributed by atoms with Crippen LogP contribution in [0.1, 0.15) is 43.7 Å². The average molecular weight is 245 g/mol. The molecule has 98 valence electrons. The molecule has 0 amide bonds. The van der Waals surface area contributed by atoms with Crippen LogP contribution in [0.15, 0.2) is 12.1 Å². The largest absolute Gasteiger partial charge is 0.490 e. The lowest BCUT2D eigenvalue weighted by molar-refractivity contribution is 0.322. The van der Waals surface area contributed by atoms with Gasteiger partial charge in [-0.15, -0.1) is 0 Å². The zero-order chi connectivity index (χ0) is 12.4. The molecule has 1 aromatic rings. The van der Waals surface area contributed by atoms with E-state index in [0.29, 0.717) is 0 Å². The smallest absolute Gasteiger partial charge is 0.142 e. The van der Waals surface area contributed by atoms with Gasteiger partial charge in [-0.25, -0.2) is 0 Å². The van der Waals surface area contributed by atoms with Gasteiger partial charge in [-0.2, -0.15) is 0 Å². The summed E-state index contributed by atoms with van der Waals surface area (Å²) in [6.07, 6.45) is 7.87. The molecular formula is C16H23NO. The second-order valence-corrected chi connectivity index (χ2v) is 5.60. The lowest BCUT2D eigenvalue weighted by atomic mass is 9.85. The standard InChI is InChI=1S/C16H23NO/c1-2-12-4-3-5-13-11-16-15(17-8-9-18-16)10-14(13)7-6-12/h10-12,17H,2-9H2,1H3. The van der Waals surface area contributed by atoms with Gasteiger partial charge in [0.2, 0.25) is 0 Å². The first-order valence-electron chi connectivity index (χ1n) is 7.39. The van der Waals surface area contributed by atoms with Gasteiger partial charge in [0.15, 0.2) is 0 Å². The zero-order valence-corrected chi connectivity index (χ0v) is 11.3. The second kappa shape index (κ2) is 5.21. The number of hydrogen-bond acceptors (Lipinski definition) is 2. The molecule has 2 heteroatoms. The summed E-state index contributed by atoms with van der Waals surface area (Å²) in [7, 11) is 0. The summed E-state index contributed by atoms with van der Waals surface area (Å²) in [6, 6.07) is 4.62. The van der Waals surface area contributed by atoms with Crippen molar-refractivity contribution in [3.63, 3.8) is 0 Å². The summed E-state index contributed by atoms with van der Waals surface area (Å²) in [5.41, 5.74) is 4.27. The maximum atomic E-state index is 5.74. The predicted molar refractivity (Wildman–Crippen MR) is 75.5 cm³/mol. The summed E-state index contributed by atoms with van der Waals surface area (Å²) < 4.78 is 5.74. The van der Waals surface area contributed by atoms with Crippen LogP contribution < -0.4 is 10.1 Å². The molecule has 0 bridgehead atoms. The molecule has 18 heavy (non-hydrogen) atoms. The SMILES string of the molecule is CCC1CCCc2cc3c(cc2CC1)NCCO3. The first-order valence-corrected chi connectivity index (χ1v) is 7.39. The molecule has 1 unspecified atom stereocenters. The molecule has 2 aliphatic rings. The monoisotopic (exact) mass is 245 g/mol. The van der Waals surface area contributed by atoms with Crippen LogP contribution in [0.25, 0.3) is 0 Å². The summed E-state index contributed by atoms with van der Waals surface area (Å²) in [5.74, 6) is 1.99. The topological polar surface area (TPSA) is 21.3 Å². The van der Waals surface area contributed by atoms with Gasteiger partial charge in [-0.3, -0.25) is 0 Å². The highest BCUT2D eigenvalue weighted by molar-refractivity contribution is 5.61. The van der Waals surface area contributed by atoms with Crippen LogP contribution >= 0.6 is 0 Å². The van der Waals surface area contributed by atoms with E-state index in [2.05, 4.69) is 24.4 Å². The maximum Gasteiger partial charge on any atom is 0.142 e. The van der Waals surface area contributed by atoms with Crippen LogP contribution in [0.5, 0.6) is 5.75 Å². The lowest BCUT2D eigenvalue weighted by Crippen LogP contribution is -2.19. The molecule has 0 aromatic heterocycles. The van der Waals surface area contributed by atoms with E-state index in [4.69, 9.17) is 4.74 Å². The fourth-order valence-corrected chi connectivity index (χ4v) is 3.23. The van der Waals surface area contributed by atoms with Crippen molar-refractivity contribution in [1.29, 1.82) is 0 Å². The Bertz CT molecular complexity index is 427. The number of benzene rings is 1. The number of aryl methyl sites for hydroxylation is 2. The first kappa shape index (κ1) is 11.9. The van der Waals surface area contributed by atoms with E-state index in [1.165, 1.54) is 49.8 Å². The van der Waals surface area contributed by atoms with Gasteiger partial charge in [0.25, 0.3) is 0 Å². The molecule has 0 fully saturated rings. The molecule has 1 atom stereocenters. The van der Waals surface area contributed by atoms with Crippen LogP contribution in [0, 0.1) is 5.92 Å². The van der Waals surface area contributed by atoms with Crippen molar-refractivity contribution in [2.45, 2.75) is 45.4 Å². The number of nitrogens with one attached hydrogen (secondary N) is 1. The van der Waals surface area contributed by atoms with Gasteiger partial charge in [0.1, 0.15) is 12.4 Å². The van der Waals surface area contributed by atoms with E-state index in [-0.39, 0.29) is 0 Å². The number of rotatable bonds is 1. The van der Waals surface area contributed by atoms with Crippen molar-refractivity contribution >= 4 is 5.69 Å². The van der Waals surface area contributed by atoms with Gasteiger partial charge >= 0.3 is 0 Å². The zero-order valence-electron chi connectivity index (χ0n) is 11.3. The molecule has 0 saturated carbocycles. The summed E-state index contributed by atoms with van der Waals surface area (Å²) >= 11 is 0. The minimum Gasteiger partial charge on any atom is -0.490 e. The van der Waals surface area contributed by atoms with Gasteiger partial charge in [0, 0.05) is 6.54 Å². The molecule has 0 spiro atoms. The Labute approximate surface area is 110 Å². The molecule has 1 N–H and O–H groups in total. The fraction of sp³-hybridized carbons (Fsp3) is 0.625. The quantitative estimate of drug-likeness (QED) is 0.813. The van der Waals surface area contributed by atoms with E-state index in [0.717, 1.165) is 24.8 Å². The Morgan fingerprint density at radius 2 is 2.11 bits per heavy atom. The van der Waals surface area contributed by atoms with Crippen molar-refractivity contribution in [3.8, 4) is 5.75 Å². The third-order valence-electron chi connectivity index (χ3n) is 4.43. The van der Waals surface area contributed by atoms with Crippen molar-refractivity contribution in [1.82, 2.24) is 0 Å². The van der Waals surface area contributed by atoms with Crippen molar-refractivity contribution in [2.75, 3.05) is 18.5 Å². The molecule has 1 aliphatic heterocycles. The van der Waals surface area contributed by atoms with Crippen molar-refractivity contribution in [3.05, 3.63) is 23.3 Å². The van der Waals surface area contributed by atoms with E-state index < -0.39 is 0 Å². The van der Waals surface area contributed by atoms with Gasteiger partial charge in [-0.1, -0.05) is 19.8 Å². The Morgan fingerprint density at radius 3 is 3.00 bits per heavy atom. The highest BCUT2D eigenvalue weighted by atomic mass is 16.5. The van der Waals surface area contributed by atoms with Crippen LogP contribution in [0.3, 0.4) is 0 Å². The second-order valence-electron chi connectivity index (χ2n) is 5.60. The van der Waals surface area contributed by atoms with Gasteiger partial charge in [-0.05, 0) is 54.9 Å². The molecule has 0 saturated heterocycles. The lowest BCUT2D eigenvalue weighted by Gasteiger charge is -2.25. The highest BCUT2D eigenvalue weighted by Crippen LogP contribution is 2.34. The third-order valence-corrected chi connectivity index (χ3v) is 4.43. The number of fused-ring (bicyclic) bond motifs is 2. The summed E-state index contributed by atoms with van der Waals surface area (Å²) in [4.78, 5) is 0. The van der Waals surface area contributed by atoms with Crippen LogP contribution in [-0.4, -0.2) is 13.2 Å². The molecular weight excluding hydrogens is 222 g/mol. The molecule has 0 radical (unpaired) electrons. The van der Waals surface area contributed by atoms with E-state index in [1.807, 2.05) is 0 Å². The van der Waals surface area contributed by atoms with Crippen molar-refractivity contribution < 1.29 is 4.74 Å². The molecule has 1 heterocycles. The van der Waals surface area contributed by atoms with Crippen LogP contribution in [0.2, 0.25) is 0 Å². The first-order chi connectivity index (χ1) is 8.86. The minimum absolute atomic E-state index is 0.795. The van der Waals surface area contributed by atoms with E-state index in [1.54, 1.807) is 5.56 Å². The number of hydrogen-bond donors (Lipinski definition) is 1. The Kier molecular flexibility index (Phi) is 3.44. The van der Waals surface area contributed by atoms with Crippen LogP contribution in [0.4, 0.5) is 5.69 Å². The Morgan fingerprint density at radius 1 is 1.22 bits per heavy atom. The van der Waals surface area contributed by atoms with Gasteiger partial charge < -0.3 is 10.1 Å². The molecule has 2 nitrogen and oxygen atoms in total. The van der Waals surface area contributed by atoms with E-state index >= 15 is 0 Å². The molecule has 1 aromatic carbocycles. The molecule has 3 rings (SSSR count). The van der Waals surface area contributed by atoms with Crippen LogP contribution in [-0.2, 0) is 12.8 Å². The third kappa shape index (κ3) is 2.33. The van der Waals surface area contributed by atoms with Gasteiger partial charge in [0.05, 0.1) is 5.69 Å². The summed E-state index contributed by atoms with van der Waals surface area (Å²) in [5, 5.41) is 3.45. The van der Waals surface area contributed by atoms with Crippen molar-refractivity contribution in [2.24, 2.45) is 5.92 Å². The number of ether oxygens (including phenoxy) is 1.